The fraction of sp³-hybridized carbons (Fsp3) is 0.300. The molecule has 0 amide bonds. The van der Waals surface area contributed by atoms with Gasteiger partial charge in [-0.3, -0.25) is 9.52 Å². The van der Waals surface area contributed by atoms with Crippen LogP contribution in [0.25, 0.3) is 0 Å². The number of nitrogens with one attached hydrogen (secondary N) is 1. The van der Waals surface area contributed by atoms with Crippen LogP contribution in [0.5, 0.6) is 0 Å². The van der Waals surface area contributed by atoms with Crippen LogP contribution in [0.4, 0.5) is 5.69 Å². The highest BCUT2D eigenvalue weighted by molar-refractivity contribution is 8.00. The van der Waals surface area contributed by atoms with Gasteiger partial charge >= 0.3 is 5.97 Å². The first kappa shape index (κ1) is 13.9. The van der Waals surface area contributed by atoms with Crippen molar-refractivity contribution in [1.29, 1.82) is 0 Å². The van der Waals surface area contributed by atoms with Gasteiger partial charge in [0, 0.05) is 10.6 Å². The van der Waals surface area contributed by atoms with Crippen molar-refractivity contribution < 1.29 is 18.3 Å². The summed E-state index contributed by atoms with van der Waals surface area (Å²) in [7, 11) is -3.31. The van der Waals surface area contributed by atoms with E-state index in [1.54, 1.807) is 31.2 Å². The molecule has 1 rings (SSSR count). The molecule has 0 aliphatic heterocycles. The number of benzene rings is 1. The van der Waals surface area contributed by atoms with E-state index >= 15 is 0 Å². The van der Waals surface area contributed by atoms with Crippen LogP contribution in [0.3, 0.4) is 0 Å². The molecule has 0 heterocycles. The summed E-state index contributed by atoms with van der Waals surface area (Å²) in [4.78, 5) is 11.4. The molecule has 0 fully saturated rings. The van der Waals surface area contributed by atoms with Crippen LogP contribution in [-0.4, -0.2) is 31.0 Å². The summed E-state index contributed by atoms with van der Waals surface area (Å²) in [6.07, 6.45) is 1.06. The number of aliphatic carboxylic acids is 1. The molecule has 0 aromatic heterocycles. The van der Waals surface area contributed by atoms with Crippen LogP contribution >= 0.6 is 11.8 Å². The van der Waals surface area contributed by atoms with E-state index in [1.807, 2.05) is 0 Å². The Kier molecular flexibility index (Phi) is 4.41. The average molecular weight is 275 g/mol. The van der Waals surface area contributed by atoms with E-state index in [0.29, 0.717) is 10.6 Å². The van der Waals surface area contributed by atoms with Gasteiger partial charge in [-0.1, -0.05) is 6.07 Å². The van der Waals surface area contributed by atoms with Gasteiger partial charge in [0.2, 0.25) is 10.0 Å². The second-order valence-electron chi connectivity index (χ2n) is 3.50. The van der Waals surface area contributed by atoms with Crippen molar-refractivity contribution in [1.82, 2.24) is 0 Å². The van der Waals surface area contributed by atoms with Crippen LogP contribution in [0.15, 0.2) is 29.2 Å². The maximum atomic E-state index is 11.0. The molecule has 0 aliphatic rings. The zero-order valence-corrected chi connectivity index (χ0v) is 11.0. The molecule has 0 saturated heterocycles. The fourth-order valence-corrected chi connectivity index (χ4v) is 2.52. The molecule has 1 aromatic rings. The van der Waals surface area contributed by atoms with Crippen LogP contribution in [0.2, 0.25) is 0 Å². The third-order valence-corrected chi connectivity index (χ3v) is 3.49. The summed E-state index contributed by atoms with van der Waals surface area (Å²) in [5.41, 5.74) is 0.426. The lowest BCUT2D eigenvalue weighted by Crippen LogP contribution is -2.11. The molecule has 94 valence electrons. The minimum atomic E-state index is -3.31. The number of hydrogen-bond donors (Lipinski definition) is 2. The number of rotatable bonds is 5. The van der Waals surface area contributed by atoms with Crippen molar-refractivity contribution in [3.05, 3.63) is 24.3 Å². The zero-order chi connectivity index (χ0) is 13.1. The first-order valence-corrected chi connectivity index (χ1v) is 7.52. The molecule has 0 bridgehead atoms. The van der Waals surface area contributed by atoms with E-state index in [-0.39, 0.29) is 0 Å². The fourth-order valence-electron chi connectivity index (χ4n) is 1.10. The second-order valence-corrected chi connectivity index (χ2v) is 6.66. The normalized spacial score (nSPS) is 13.1. The lowest BCUT2D eigenvalue weighted by atomic mass is 10.3. The number of hydrogen-bond acceptors (Lipinski definition) is 4. The van der Waals surface area contributed by atoms with Crippen molar-refractivity contribution in [2.24, 2.45) is 0 Å². The predicted molar refractivity (Wildman–Crippen MR) is 67.9 cm³/mol. The number of carboxylic acid groups (broad SMARTS) is 1. The predicted octanol–water partition coefficient (Wildman–Crippen LogP) is 1.62. The number of carboxylic acids is 1. The molecule has 1 atom stereocenters. The first-order chi connectivity index (χ1) is 7.78. The largest absolute Gasteiger partial charge is 0.480 e. The molecule has 2 N–H and O–H groups in total. The Bertz CT molecular complexity index is 513. The summed E-state index contributed by atoms with van der Waals surface area (Å²) in [5, 5.41) is 8.19. The molecule has 0 spiro atoms. The Balaban J connectivity index is 2.83. The van der Waals surface area contributed by atoms with Crippen molar-refractivity contribution in [2.75, 3.05) is 11.0 Å². The molecule has 17 heavy (non-hydrogen) atoms. The quantitative estimate of drug-likeness (QED) is 0.798. The zero-order valence-electron chi connectivity index (χ0n) is 9.38. The highest BCUT2D eigenvalue weighted by atomic mass is 32.2. The molecule has 0 saturated carbocycles. The number of anilines is 1. The molecule has 0 aliphatic carbocycles. The molecule has 7 heteroatoms. The molecule has 5 nitrogen and oxygen atoms in total. The number of thioether (sulfide) groups is 1. The Morgan fingerprint density at radius 3 is 2.65 bits per heavy atom. The minimum Gasteiger partial charge on any atom is -0.480 e. The molecular weight excluding hydrogens is 262 g/mol. The maximum absolute atomic E-state index is 11.0. The summed E-state index contributed by atoms with van der Waals surface area (Å²) in [6.45, 7) is 1.57. The van der Waals surface area contributed by atoms with Crippen LogP contribution < -0.4 is 4.72 Å². The highest BCUT2D eigenvalue weighted by Gasteiger charge is 2.12. The van der Waals surface area contributed by atoms with Crippen molar-refractivity contribution in [3.63, 3.8) is 0 Å². The van der Waals surface area contributed by atoms with Gasteiger partial charge in [-0.05, 0) is 25.1 Å². The molecule has 1 unspecified atom stereocenters. The third kappa shape index (κ3) is 5.10. The van der Waals surface area contributed by atoms with E-state index in [2.05, 4.69) is 4.72 Å². The summed E-state index contributed by atoms with van der Waals surface area (Å²) < 4.78 is 24.4. The topological polar surface area (TPSA) is 83.5 Å². The van der Waals surface area contributed by atoms with Gasteiger partial charge in [0.15, 0.2) is 0 Å². The van der Waals surface area contributed by atoms with E-state index in [9.17, 15) is 13.2 Å². The van der Waals surface area contributed by atoms with Gasteiger partial charge in [0.05, 0.1) is 6.26 Å². The van der Waals surface area contributed by atoms with Crippen LogP contribution in [0.1, 0.15) is 6.92 Å². The Hall–Kier alpha value is -1.21. The van der Waals surface area contributed by atoms with E-state index < -0.39 is 21.2 Å². The van der Waals surface area contributed by atoms with Crippen molar-refractivity contribution >= 4 is 33.4 Å². The van der Waals surface area contributed by atoms with Gasteiger partial charge in [0.1, 0.15) is 5.25 Å². The van der Waals surface area contributed by atoms with Gasteiger partial charge in [-0.25, -0.2) is 8.42 Å². The average Bonchev–Trinajstić information content (AvgIpc) is 2.15. The lowest BCUT2D eigenvalue weighted by molar-refractivity contribution is -0.136. The van der Waals surface area contributed by atoms with Crippen LogP contribution in [-0.2, 0) is 14.8 Å². The van der Waals surface area contributed by atoms with E-state index in [4.69, 9.17) is 5.11 Å². The maximum Gasteiger partial charge on any atom is 0.316 e. The Labute approximate surface area is 104 Å². The number of carbonyl (C=O) groups is 1. The van der Waals surface area contributed by atoms with Gasteiger partial charge in [0.25, 0.3) is 0 Å². The lowest BCUT2D eigenvalue weighted by Gasteiger charge is -2.08. The molecule has 0 radical (unpaired) electrons. The Morgan fingerprint density at radius 2 is 2.12 bits per heavy atom. The van der Waals surface area contributed by atoms with Gasteiger partial charge in [-0.2, -0.15) is 0 Å². The van der Waals surface area contributed by atoms with E-state index in [0.717, 1.165) is 18.0 Å². The smallest absolute Gasteiger partial charge is 0.316 e. The summed E-state index contributed by atoms with van der Waals surface area (Å²) in [5.74, 6) is -0.906. The summed E-state index contributed by atoms with van der Waals surface area (Å²) >= 11 is 1.16. The van der Waals surface area contributed by atoms with Gasteiger partial charge < -0.3 is 5.11 Å². The Morgan fingerprint density at radius 1 is 1.47 bits per heavy atom. The van der Waals surface area contributed by atoms with Crippen molar-refractivity contribution in [2.45, 2.75) is 17.1 Å². The van der Waals surface area contributed by atoms with E-state index in [1.165, 1.54) is 0 Å². The second kappa shape index (κ2) is 5.42. The monoisotopic (exact) mass is 275 g/mol. The van der Waals surface area contributed by atoms with Gasteiger partial charge in [-0.15, -0.1) is 11.8 Å². The first-order valence-electron chi connectivity index (χ1n) is 4.75. The third-order valence-electron chi connectivity index (χ3n) is 1.80. The summed E-state index contributed by atoms with van der Waals surface area (Å²) in [6, 6.07) is 6.61. The van der Waals surface area contributed by atoms with Crippen LogP contribution in [0, 0.1) is 0 Å². The molecular formula is C10H13NO4S2. The van der Waals surface area contributed by atoms with Crippen molar-refractivity contribution in [3.8, 4) is 0 Å². The SMILES string of the molecule is CC(Sc1cccc(NS(C)(=O)=O)c1)C(=O)O. The number of sulfonamides is 1. The molecule has 1 aromatic carbocycles. The minimum absolute atomic E-state index is 0.426. The standard InChI is InChI=1S/C10H13NO4S2/c1-7(10(12)13)16-9-5-3-4-8(6-9)11-17(2,14)15/h3-7,11H,1-2H3,(H,12,13). The highest BCUT2D eigenvalue weighted by Crippen LogP contribution is 2.26.